The predicted molar refractivity (Wildman–Crippen MR) is 159 cm³/mol. The molecule has 7 nitrogen and oxygen atoms in total. The average molecular weight is 567 g/mol. The zero-order valence-corrected chi connectivity index (χ0v) is 23.3. The summed E-state index contributed by atoms with van der Waals surface area (Å²) in [6, 6.07) is 25.9. The molecule has 42 heavy (non-hydrogen) atoms. The third kappa shape index (κ3) is 6.56. The summed E-state index contributed by atoms with van der Waals surface area (Å²) < 4.78 is 24.5. The molecule has 0 aliphatic heterocycles. The molecule has 0 unspecified atom stereocenters. The molecule has 0 aliphatic rings. The SMILES string of the molecule is COCCCN(CC(=O)N(Cc1ccc(F)cc1)Cc1coc2ccccc2c1=O)C(=O)c1cccc2ccccc12. The summed E-state index contributed by atoms with van der Waals surface area (Å²) in [5.74, 6) is -1.03. The van der Waals surface area contributed by atoms with Crippen molar-refractivity contribution in [1.82, 2.24) is 9.80 Å². The lowest BCUT2D eigenvalue weighted by Gasteiger charge is -2.28. The number of ether oxygens (including phenoxy) is 1. The Hall–Kier alpha value is -4.82. The first-order valence-electron chi connectivity index (χ1n) is 13.7. The fourth-order valence-corrected chi connectivity index (χ4v) is 4.97. The largest absolute Gasteiger partial charge is 0.464 e. The Morgan fingerprint density at radius 2 is 1.55 bits per heavy atom. The first kappa shape index (κ1) is 28.7. The van der Waals surface area contributed by atoms with E-state index in [1.807, 2.05) is 36.4 Å². The molecule has 1 heterocycles. The number of rotatable bonds is 11. The Kier molecular flexibility index (Phi) is 9.04. The van der Waals surface area contributed by atoms with Crippen LogP contribution in [0.25, 0.3) is 21.7 Å². The Morgan fingerprint density at radius 3 is 2.33 bits per heavy atom. The molecule has 2 amide bonds. The first-order chi connectivity index (χ1) is 20.4. The fraction of sp³-hybridized carbons (Fsp3) is 0.206. The number of hydrogen-bond donors (Lipinski definition) is 0. The van der Waals surface area contributed by atoms with Gasteiger partial charge in [-0.05, 0) is 53.1 Å². The van der Waals surface area contributed by atoms with Crippen LogP contribution in [0.3, 0.4) is 0 Å². The van der Waals surface area contributed by atoms with Crippen LogP contribution in [0.5, 0.6) is 0 Å². The van der Waals surface area contributed by atoms with E-state index in [1.54, 1.807) is 49.6 Å². The number of amides is 2. The molecular weight excluding hydrogens is 535 g/mol. The summed E-state index contributed by atoms with van der Waals surface area (Å²) in [4.78, 5) is 44.1. The minimum Gasteiger partial charge on any atom is -0.464 e. The van der Waals surface area contributed by atoms with Gasteiger partial charge in [0.25, 0.3) is 5.91 Å². The van der Waals surface area contributed by atoms with E-state index in [-0.39, 0.29) is 36.9 Å². The van der Waals surface area contributed by atoms with Gasteiger partial charge in [0.05, 0.1) is 23.8 Å². The average Bonchev–Trinajstić information content (AvgIpc) is 3.02. The lowest BCUT2D eigenvalue weighted by molar-refractivity contribution is -0.133. The van der Waals surface area contributed by atoms with Gasteiger partial charge in [0.15, 0.2) is 5.43 Å². The molecule has 5 aromatic rings. The maximum Gasteiger partial charge on any atom is 0.254 e. The van der Waals surface area contributed by atoms with Gasteiger partial charge in [-0.3, -0.25) is 14.4 Å². The van der Waals surface area contributed by atoms with Gasteiger partial charge in [-0.15, -0.1) is 0 Å². The zero-order valence-electron chi connectivity index (χ0n) is 23.3. The first-order valence-corrected chi connectivity index (χ1v) is 13.7. The molecule has 0 N–H and O–H groups in total. The van der Waals surface area contributed by atoms with Crippen LogP contribution < -0.4 is 5.43 Å². The number of fused-ring (bicyclic) bond motifs is 2. The summed E-state index contributed by atoms with van der Waals surface area (Å²) in [7, 11) is 1.58. The highest BCUT2D eigenvalue weighted by Crippen LogP contribution is 2.21. The van der Waals surface area contributed by atoms with Crippen molar-refractivity contribution in [3.8, 4) is 0 Å². The molecule has 1 aromatic heterocycles. The highest BCUT2D eigenvalue weighted by molar-refractivity contribution is 6.07. The van der Waals surface area contributed by atoms with E-state index in [9.17, 15) is 18.8 Å². The molecule has 0 radical (unpaired) electrons. The summed E-state index contributed by atoms with van der Waals surface area (Å²) in [5.41, 5.74) is 1.69. The highest BCUT2D eigenvalue weighted by Gasteiger charge is 2.25. The molecule has 8 heteroatoms. The topological polar surface area (TPSA) is 80.1 Å². The Bertz CT molecular complexity index is 1760. The maximum absolute atomic E-state index is 13.9. The van der Waals surface area contributed by atoms with E-state index in [0.29, 0.717) is 47.2 Å². The van der Waals surface area contributed by atoms with E-state index < -0.39 is 5.82 Å². The van der Waals surface area contributed by atoms with E-state index in [1.165, 1.54) is 28.2 Å². The number of benzene rings is 4. The molecule has 0 spiro atoms. The lowest BCUT2D eigenvalue weighted by Crippen LogP contribution is -2.43. The second-order valence-electron chi connectivity index (χ2n) is 10.1. The standard InChI is InChI=1S/C34H31FN2O5/c1-41-19-7-18-36(34(40)29-12-6-9-25-8-2-3-10-28(25)29)22-32(38)37(20-24-14-16-27(35)17-15-24)21-26-23-42-31-13-5-4-11-30(31)33(26)39/h2-6,8-17,23H,7,18-22H2,1H3. The van der Waals surface area contributed by atoms with E-state index in [4.69, 9.17) is 9.15 Å². The summed E-state index contributed by atoms with van der Waals surface area (Å²) in [6.45, 7) is 0.568. The second-order valence-corrected chi connectivity index (χ2v) is 10.1. The van der Waals surface area contributed by atoms with E-state index in [0.717, 1.165) is 10.8 Å². The number of halogens is 1. The molecule has 0 saturated carbocycles. The van der Waals surface area contributed by atoms with Crippen LogP contribution in [0.1, 0.15) is 27.9 Å². The zero-order chi connectivity index (χ0) is 29.5. The number of carbonyl (C=O) groups excluding carboxylic acids is 2. The predicted octanol–water partition coefficient (Wildman–Crippen LogP) is 5.79. The summed E-state index contributed by atoms with van der Waals surface area (Å²) in [5, 5.41) is 2.13. The monoisotopic (exact) mass is 566 g/mol. The molecule has 0 fully saturated rings. The van der Waals surface area contributed by atoms with E-state index >= 15 is 0 Å². The van der Waals surface area contributed by atoms with Gasteiger partial charge in [-0.2, -0.15) is 0 Å². The minimum atomic E-state index is -0.392. The van der Waals surface area contributed by atoms with E-state index in [2.05, 4.69) is 0 Å². The van der Waals surface area contributed by atoms with Crippen LogP contribution >= 0.6 is 0 Å². The molecule has 0 atom stereocenters. The normalized spacial score (nSPS) is 11.1. The van der Waals surface area contributed by atoms with Gasteiger partial charge in [0, 0.05) is 32.4 Å². The maximum atomic E-state index is 13.9. The lowest BCUT2D eigenvalue weighted by atomic mass is 10.0. The van der Waals surface area contributed by atoms with Gasteiger partial charge in [-0.1, -0.05) is 60.7 Å². The van der Waals surface area contributed by atoms with Crippen LogP contribution in [-0.2, 0) is 22.6 Å². The second kappa shape index (κ2) is 13.2. The van der Waals surface area contributed by atoms with Crippen molar-refractivity contribution in [3.63, 3.8) is 0 Å². The number of nitrogens with zero attached hydrogens (tertiary/aromatic N) is 2. The third-order valence-corrected chi connectivity index (χ3v) is 7.16. The van der Waals surface area contributed by atoms with Crippen LogP contribution in [-0.4, -0.2) is 48.4 Å². The van der Waals surface area contributed by atoms with Crippen molar-refractivity contribution in [2.24, 2.45) is 0 Å². The molecule has 5 rings (SSSR count). The smallest absolute Gasteiger partial charge is 0.254 e. The molecule has 0 saturated heterocycles. The Morgan fingerprint density at radius 1 is 0.833 bits per heavy atom. The molecule has 0 bridgehead atoms. The van der Waals surface area contributed by atoms with Gasteiger partial charge < -0.3 is 19.0 Å². The summed E-state index contributed by atoms with van der Waals surface area (Å²) >= 11 is 0. The van der Waals surface area contributed by atoms with Crippen molar-refractivity contribution >= 4 is 33.6 Å². The number of para-hydroxylation sites is 1. The van der Waals surface area contributed by atoms with Crippen LogP contribution in [0.15, 0.2) is 106 Å². The van der Waals surface area contributed by atoms with Gasteiger partial charge >= 0.3 is 0 Å². The van der Waals surface area contributed by atoms with Crippen molar-refractivity contribution in [2.75, 3.05) is 26.8 Å². The Labute approximate surface area is 242 Å². The summed E-state index contributed by atoms with van der Waals surface area (Å²) in [6.07, 6.45) is 1.90. The van der Waals surface area contributed by atoms with Crippen LogP contribution in [0.2, 0.25) is 0 Å². The Balaban J connectivity index is 1.46. The third-order valence-electron chi connectivity index (χ3n) is 7.16. The molecule has 0 aliphatic carbocycles. The van der Waals surface area contributed by atoms with Crippen molar-refractivity contribution < 1.29 is 23.1 Å². The van der Waals surface area contributed by atoms with Gasteiger partial charge in [0.1, 0.15) is 17.9 Å². The molecular formula is C34H31FN2O5. The highest BCUT2D eigenvalue weighted by atomic mass is 19.1. The van der Waals surface area contributed by atoms with Gasteiger partial charge in [-0.25, -0.2) is 4.39 Å². The van der Waals surface area contributed by atoms with Gasteiger partial charge in [0.2, 0.25) is 5.91 Å². The van der Waals surface area contributed by atoms with Crippen LogP contribution in [0.4, 0.5) is 4.39 Å². The number of hydrogen-bond acceptors (Lipinski definition) is 5. The minimum absolute atomic E-state index is 0.0439. The van der Waals surface area contributed by atoms with Crippen molar-refractivity contribution in [3.05, 3.63) is 130 Å². The van der Waals surface area contributed by atoms with Crippen LogP contribution in [0, 0.1) is 5.82 Å². The number of methoxy groups -OCH3 is 1. The van der Waals surface area contributed by atoms with Crippen molar-refractivity contribution in [1.29, 1.82) is 0 Å². The fourth-order valence-electron chi connectivity index (χ4n) is 4.97. The number of carbonyl (C=O) groups is 2. The van der Waals surface area contributed by atoms with Crippen molar-refractivity contribution in [2.45, 2.75) is 19.5 Å². The molecule has 4 aromatic carbocycles. The quantitative estimate of drug-likeness (QED) is 0.189. The molecule has 214 valence electrons.